The number of aliphatic imine (C=N–C) groups is 1. The Hall–Kier alpha value is -2.67. The fourth-order valence-corrected chi connectivity index (χ4v) is 2.30. The van der Waals surface area contributed by atoms with Crippen LogP contribution >= 0.6 is 0 Å². The highest BCUT2D eigenvalue weighted by atomic mass is 16.5. The van der Waals surface area contributed by atoms with Gasteiger partial charge in [-0.1, -0.05) is 6.07 Å². The first-order valence-electron chi connectivity index (χ1n) is 9.21. The van der Waals surface area contributed by atoms with E-state index in [0.717, 1.165) is 36.2 Å². The van der Waals surface area contributed by atoms with Crippen LogP contribution in [0.3, 0.4) is 0 Å². The number of nitrogens with one attached hydrogen (secondary N) is 2. The average molecular weight is 375 g/mol. The van der Waals surface area contributed by atoms with Crippen molar-refractivity contribution in [1.82, 2.24) is 10.6 Å². The van der Waals surface area contributed by atoms with Crippen LogP contribution in [0.1, 0.15) is 19.1 Å². The molecule has 1 heterocycles. The van der Waals surface area contributed by atoms with Gasteiger partial charge in [-0.3, -0.25) is 4.99 Å². The fraction of sp³-hybridized carbons (Fsp3) is 0.450. The Morgan fingerprint density at radius 1 is 1.11 bits per heavy atom. The molecule has 0 aliphatic carbocycles. The number of hydrogen-bond donors (Lipinski definition) is 2. The number of furan rings is 1. The minimum Gasteiger partial charge on any atom is -0.497 e. The van der Waals surface area contributed by atoms with Crippen molar-refractivity contribution in [2.24, 2.45) is 4.99 Å². The van der Waals surface area contributed by atoms with E-state index in [1.54, 1.807) is 13.4 Å². The molecule has 0 bridgehead atoms. The van der Waals surface area contributed by atoms with Gasteiger partial charge in [-0.05, 0) is 37.6 Å². The molecule has 148 valence electrons. The number of nitrogens with zero attached hydrogens (tertiary/aromatic N) is 1. The van der Waals surface area contributed by atoms with Gasteiger partial charge >= 0.3 is 0 Å². The molecule has 0 amide bonds. The van der Waals surface area contributed by atoms with E-state index in [0.29, 0.717) is 32.9 Å². The first kappa shape index (κ1) is 20.6. The van der Waals surface area contributed by atoms with Crippen LogP contribution in [0, 0.1) is 0 Å². The first-order valence-corrected chi connectivity index (χ1v) is 9.21. The molecule has 7 nitrogen and oxygen atoms in total. The summed E-state index contributed by atoms with van der Waals surface area (Å²) in [5.41, 5.74) is 0. The van der Waals surface area contributed by atoms with E-state index in [4.69, 9.17) is 18.6 Å². The van der Waals surface area contributed by atoms with Crippen molar-refractivity contribution in [2.75, 3.05) is 40.0 Å². The molecule has 27 heavy (non-hydrogen) atoms. The van der Waals surface area contributed by atoms with Crippen LogP contribution in [0.4, 0.5) is 0 Å². The van der Waals surface area contributed by atoms with Crippen LogP contribution in [0.5, 0.6) is 11.5 Å². The Labute approximate surface area is 160 Å². The summed E-state index contributed by atoms with van der Waals surface area (Å²) in [7, 11) is 1.64. The minimum absolute atomic E-state index is 0.497. The monoisotopic (exact) mass is 375 g/mol. The Balaban J connectivity index is 1.60. The molecule has 1 aromatic carbocycles. The van der Waals surface area contributed by atoms with Crippen molar-refractivity contribution in [3.05, 3.63) is 48.4 Å². The Kier molecular flexibility index (Phi) is 9.67. The molecule has 0 spiro atoms. The van der Waals surface area contributed by atoms with Crippen molar-refractivity contribution in [3.63, 3.8) is 0 Å². The van der Waals surface area contributed by atoms with Crippen LogP contribution in [0.2, 0.25) is 0 Å². The summed E-state index contributed by atoms with van der Waals surface area (Å²) in [6.07, 6.45) is 2.49. The van der Waals surface area contributed by atoms with Crippen molar-refractivity contribution >= 4 is 5.96 Å². The van der Waals surface area contributed by atoms with E-state index >= 15 is 0 Å². The molecule has 0 atom stereocenters. The Morgan fingerprint density at radius 3 is 2.78 bits per heavy atom. The molecule has 0 saturated heterocycles. The van der Waals surface area contributed by atoms with Gasteiger partial charge in [0.2, 0.25) is 0 Å². The van der Waals surface area contributed by atoms with Crippen LogP contribution < -0.4 is 20.1 Å². The van der Waals surface area contributed by atoms with E-state index in [9.17, 15) is 0 Å². The van der Waals surface area contributed by atoms with E-state index in [-0.39, 0.29) is 0 Å². The third-order valence-electron chi connectivity index (χ3n) is 3.59. The number of hydrogen-bond acceptors (Lipinski definition) is 5. The standard InChI is InChI=1S/C20H29N3O4/c1-3-21-20(22-10-6-12-25-16-19-9-5-13-26-19)23-11-14-27-18-8-4-7-17(15-18)24-2/h4-5,7-9,13,15H,3,6,10-12,14,16H2,1-2H3,(H2,21,22,23). The van der Waals surface area contributed by atoms with Crippen LogP contribution in [-0.4, -0.2) is 45.9 Å². The van der Waals surface area contributed by atoms with Crippen LogP contribution in [-0.2, 0) is 11.3 Å². The molecule has 0 aliphatic heterocycles. The smallest absolute Gasteiger partial charge is 0.191 e. The largest absolute Gasteiger partial charge is 0.497 e. The summed E-state index contributed by atoms with van der Waals surface area (Å²) in [5, 5.41) is 6.48. The number of ether oxygens (including phenoxy) is 3. The minimum atomic E-state index is 0.497. The maximum atomic E-state index is 5.72. The molecular weight excluding hydrogens is 346 g/mol. The second-order valence-electron chi connectivity index (χ2n) is 5.70. The van der Waals surface area contributed by atoms with Gasteiger partial charge in [0.15, 0.2) is 5.96 Å². The van der Waals surface area contributed by atoms with Crippen molar-refractivity contribution in [2.45, 2.75) is 20.0 Å². The van der Waals surface area contributed by atoms with Gasteiger partial charge in [-0.25, -0.2) is 0 Å². The predicted octanol–water partition coefficient (Wildman–Crippen LogP) is 2.83. The average Bonchev–Trinajstić information content (AvgIpc) is 3.21. The molecule has 1 aromatic heterocycles. The summed E-state index contributed by atoms with van der Waals surface area (Å²) < 4.78 is 21.7. The summed E-state index contributed by atoms with van der Waals surface area (Å²) in [4.78, 5) is 4.54. The zero-order chi connectivity index (χ0) is 19.2. The number of guanidine groups is 1. The Bertz CT molecular complexity index is 659. The molecule has 0 fully saturated rings. The molecule has 2 rings (SSSR count). The summed E-state index contributed by atoms with van der Waals surface area (Å²) >= 11 is 0. The number of methoxy groups -OCH3 is 1. The van der Waals surface area contributed by atoms with E-state index < -0.39 is 0 Å². The normalized spacial score (nSPS) is 11.3. The maximum Gasteiger partial charge on any atom is 0.191 e. The fourth-order valence-electron chi connectivity index (χ4n) is 2.30. The van der Waals surface area contributed by atoms with E-state index in [2.05, 4.69) is 15.6 Å². The molecular formula is C20H29N3O4. The highest BCUT2D eigenvalue weighted by molar-refractivity contribution is 5.79. The highest BCUT2D eigenvalue weighted by Crippen LogP contribution is 2.18. The van der Waals surface area contributed by atoms with Gasteiger partial charge in [0, 0.05) is 25.8 Å². The number of rotatable bonds is 12. The van der Waals surface area contributed by atoms with Crippen molar-refractivity contribution < 1.29 is 18.6 Å². The van der Waals surface area contributed by atoms with Gasteiger partial charge in [-0.2, -0.15) is 0 Å². The lowest BCUT2D eigenvalue weighted by molar-refractivity contribution is 0.105. The lowest BCUT2D eigenvalue weighted by Crippen LogP contribution is -2.39. The molecule has 0 unspecified atom stereocenters. The van der Waals surface area contributed by atoms with Gasteiger partial charge in [0.1, 0.15) is 30.5 Å². The second kappa shape index (κ2) is 12.6. The quantitative estimate of drug-likeness (QED) is 0.337. The van der Waals surface area contributed by atoms with Gasteiger partial charge in [0.05, 0.1) is 19.9 Å². The molecule has 0 radical (unpaired) electrons. The summed E-state index contributed by atoms with van der Waals surface area (Å²) in [6, 6.07) is 11.3. The highest BCUT2D eigenvalue weighted by Gasteiger charge is 2.00. The maximum absolute atomic E-state index is 5.72. The third-order valence-corrected chi connectivity index (χ3v) is 3.59. The Morgan fingerprint density at radius 2 is 2.00 bits per heavy atom. The second-order valence-corrected chi connectivity index (χ2v) is 5.70. The van der Waals surface area contributed by atoms with E-state index in [1.807, 2.05) is 43.3 Å². The molecule has 7 heteroatoms. The zero-order valence-corrected chi connectivity index (χ0v) is 16.1. The van der Waals surface area contributed by atoms with Crippen molar-refractivity contribution in [3.8, 4) is 11.5 Å². The topological polar surface area (TPSA) is 77.3 Å². The number of benzene rings is 1. The van der Waals surface area contributed by atoms with Crippen LogP contribution in [0.25, 0.3) is 0 Å². The van der Waals surface area contributed by atoms with Gasteiger partial charge < -0.3 is 29.3 Å². The SMILES string of the molecule is CCNC(=NCCCOCc1ccco1)NCCOc1cccc(OC)c1. The van der Waals surface area contributed by atoms with Gasteiger partial charge in [0.25, 0.3) is 0 Å². The predicted molar refractivity (Wildman–Crippen MR) is 105 cm³/mol. The van der Waals surface area contributed by atoms with Gasteiger partial charge in [-0.15, -0.1) is 0 Å². The summed E-state index contributed by atoms with van der Waals surface area (Å²) in [5.74, 6) is 3.18. The van der Waals surface area contributed by atoms with E-state index in [1.165, 1.54) is 0 Å². The molecule has 0 saturated carbocycles. The summed E-state index contributed by atoms with van der Waals surface area (Å²) in [6.45, 7) is 5.85. The third kappa shape index (κ3) is 8.50. The zero-order valence-electron chi connectivity index (χ0n) is 16.1. The molecule has 2 N–H and O–H groups in total. The molecule has 2 aromatic rings. The lowest BCUT2D eigenvalue weighted by Gasteiger charge is -2.12. The molecule has 0 aliphatic rings. The first-order chi connectivity index (χ1) is 13.3. The van der Waals surface area contributed by atoms with Crippen LogP contribution in [0.15, 0.2) is 52.1 Å². The van der Waals surface area contributed by atoms with Crippen molar-refractivity contribution in [1.29, 1.82) is 0 Å². The lowest BCUT2D eigenvalue weighted by atomic mass is 10.3.